The third-order valence-corrected chi connectivity index (χ3v) is 4.03. The fourth-order valence-electron chi connectivity index (χ4n) is 2.68. The molecule has 0 saturated carbocycles. The Labute approximate surface area is 150 Å². The first-order valence-corrected chi connectivity index (χ1v) is 8.77. The first-order chi connectivity index (χ1) is 12.1. The zero-order valence-electron chi connectivity index (χ0n) is 15.2. The minimum absolute atomic E-state index is 0.0855. The second-order valence-corrected chi connectivity index (χ2v) is 6.05. The van der Waals surface area contributed by atoms with Crippen molar-refractivity contribution in [1.29, 1.82) is 0 Å². The molecule has 1 N–H and O–H groups in total. The molecule has 2 rings (SSSR count). The van der Waals surface area contributed by atoms with Gasteiger partial charge in [-0.3, -0.25) is 4.79 Å². The molecule has 0 unspecified atom stereocenters. The molecule has 0 aliphatic heterocycles. The largest absolute Gasteiger partial charge is 0.493 e. The Morgan fingerprint density at radius 1 is 1.12 bits per heavy atom. The van der Waals surface area contributed by atoms with Crippen molar-refractivity contribution in [3.05, 3.63) is 59.7 Å². The minimum Gasteiger partial charge on any atom is -0.493 e. The van der Waals surface area contributed by atoms with Crippen molar-refractivity contribution in [3.8, 4) is 11.5 Å². The fraction of sp³-hybridized carbons (Fsp3) is 0.381. The van der Waals surface area contributed by atoms with Gasteiger partial charge in [-0.15, -0.1) is 0 Å². The van der Waals surface area contributed by atoms with Gasteiger partial charge in [0.2, 0.25) is 0 Å². The number of ether oxygens (including phenoxy) is 2. The molecule has 25 heavy (non-hydrogen) atoms. The molecule has 0 spiro atoms. The number of aryl methyl sites for hydroxylation is 2. The molecule has 2 aromatic rings. The first-order valence-electron chi connectivity index (χ1n) is 8.77. The van der Waals surface area contributed by atoms with Gasteiger partial charge < -0.3 is 14.8 Å². The highest BCUT2D eigenvalue weighted by Crippen LogP contribution is 2.27. The van der Waals surface area contributed by atoms with E-state index in [1.165, 1.54) is 11.1 Å². The maximum absolute atomic E-state index is 12.4. The van der Waals surface area contributed by atoms with Gasteiger partial charge in [-0.2, -0.15) is 0 Å². The summed E-state index contributed by atoms with van der Waals surface area (Å²) in [6.07, 6.45) is 1.93. The van der Waals surface area contributed by atoms with Crippen LogP contribution >= 0.6 is 0 Å². The standard InChI is InChI=1S/C21H27NO3/c1-4-18(25-20-13-6-5-12-19(20)24-3)21(23)22-14-8-11-17-10-7-9-16(2)15-17/h5-7,9-10,12-13,15,18H,4,8,11,14H2,1-3H3,(H,22,23)/t18-/m0/s1. The summed E-state index contributed by atoms with van der Waals surface area (Å²) < 4.78 is 11.1. The van der Waals surface area contributed by atoms with Crippen LogP contribution < -0.4 is 14.8 Å². The molecule has 0 saturated heterocycles. The summed E-state index contributed by atoms with van der Waals surface area (Å²) in [5.41, 5.74) is 2.56. The molecule has 2 aromatic carbocycles. The molecule has 0 aliphatic carbocycles. The number of nitrogens with one attached hydrogen (secondary N) is 1. The monoisotopic (exact) mass is 341 g/mol. The number of carbonyl (C=O) groups is 1. The molecule has 0 aliphatic rings. The lowest BCUT2D eigenvalue weighted by Gasteiger charge is -2.18. The Balaban J connectivity index is 1.81. The number of benzene rings is 2. The van der Waals surface area contributed by atoms with E-state index in [4.69, 9.17) is 9.47 Å². The Morgan fingerprint density at radius 2 is 1.88 bits per heavy atom. The summed E-state index contributed by atoms with van der Waals surface area (Å²) in [4.78, 5) is 12.4. The van der Waals surface area contributed by atoms with Crippen LogP contribution in [0.25, 0.3) is 0 Å². The van der Waals surface area contributed by atoms with E-state index < -0.39 is 6.10 Å². The van der Waals surface area contributed by atoms with Crippen LogP contribution in [-0.2, 0) is 11.2 Å². The fourth-order valence-corrected chi connectivity index (χ4v) is 2.68. The molecule has 0 fully saturated rings. The molecule has 0 aromatic heterocycles. The zero-order chi connectivity index (χ0) is 18.1. The van der Waals surface area contributed by atoms with Gasteiger partial charge in [0.25, 0.3) is 5.91 Å². The molecule has 0 heterocycles. The minimum atomic E-state index is -0.518. The van der Waals surface area contributed by atoms with E-state index in [0.717, 1.165) is 12.8 Å². The molecule has 1 atom stereocenters. The number of methoxy groups -OCH3 is 1. The zero-order valence-corrected chi connectivity index (χ0v) is 15.2. The topological polar surface area (TPSA) is 47.6 Å². The average molecular weight is 341 g/mol. The van der Waals surface area contributed by atoms with Crippen LogP contribution in [0, 0.1) is 6.92 Å². The summed E-state index contributed by atoms with van der Waals surface area (Å²) in [6, 6.07) is 15.8. The van der Waals surface area contributed by atoms with Crippen molar-refractivity contribution >= 4 is 5.91 Å². The van der Waals surface area contributed by atoms with Crippen LogP contribution in [-0.4, -0.2) is 25.7 Å². The van der Waals surface area contributed by atoms with Gasteiger partial charge in [0.15, 0.2) is 17.6 Å². The molecule has 134 valence electrons. The van der Waals surface area contributed by atoms with Gasteiger partial charge >= 0.3 is 0 Å². The number of para-hydroxylation sites is 2. The van der Waals surface area contributed by atoms with E-state index in [0.29, 0.717) is 24.5 Å². The first kappa shape index (κ1) is 18.8. The van der Waals surface area contributed by atoms with Crippen molar-refractivity contribution in [3.63, 3.8) is 0 Å². The number of carbonyl (C=O) groups excluding carboxylic acids is 1. The maximum atomic E-state index is 12.4. The van der Waals surface area contributed by atoms with Crippen LogP contribution in [0.4, 0.5) is 0 Å². The SMILES string of the molecule is CC[C@H](Oc1ccccc1OC)C(=O)NCCCc1cccc(C)c1. The highest BCUT2D eigenvalue weighted by Gasteiger charge is 2.19. The molecule has 1 amide bonds. The Hall–Kier alpha value is -2.49. The van der Waals surface area contributed by atoms with Crippen LogP contribution in [0.3, 0.4) is 0 Å². The highest BCUT2D eigenvalue weighted by atomic mass is 16.5. The van der Waals surface area contributed by atoms with E-state index in [1.807, 2.05) is 31.2 Å². The molecular weight excluding hydrogens is 314 g/mol. The van der Waals surface area contributed by atoms with Crippen molar-refractivity contribution in [1.82, 2.24) is 5.32 Å². The van der Waals surface area contributed by atoms with Crippen molar-refractivity contribution in [2.45, 2.75) is 39.2 Å². The number of hydrogen-bond acceptors (Lipinski definition) is 3. The normalized spacial score (nSPS) is 11.6. The number of amides is 1. The van der Waals surface area contributed by atoms with Crippen LogP contribution in [0.1, 0.15) is 30.9 Å². The summed E-state index contributed by atoms with van der Waals surface area (Å²) >= 11 is 0. The predicted molar refractivity (Wildman–Crippen MR) is 100 cm³/mol. The lowest BCUT2D eigenvalue weighted by molar-refractivity contribution is -0.128. The second kappa shape index (κ2) is 9.72. The Kier molecular flexibility index (Phi) is 7.33. The smallest absolute Gasteiger partial charge is 0.261 e. The van der Waals surface area contributed by atoms with Crippen molar-refractivity contribution < 1.29 is 14.3 Å². The van der Waals surface area contributed by atoms with Crippen molar-refractivity contribution in [2.24, 2.45) is 0 Å². The van der Waals surface area contributed by atoms with E-state index in [9.17, 15) is 4.79 Å². The Morgan fingerprint density at radius 3 is 2.56 bits per heavy atom. The van der Waals surface area contributed by atoms with Gasteiger partial charge in [-0.05, 0) is 43.9 Å². The summed E-state index contributed by atoms with van der Waals surface area (Å²) in [6.45, 7) is 4.66. The molecule has 0 bridgehead atoms. The highest BCUT2D eigenvalue weighted by molar-refractivity contribution is 5.81. The van der Waals surface area contributed by atoms with Gasteiger partial charge in [0.1, 0.15) is 0 Å². The van der Waals surface area contributed by atoms with E-state index in [1.54, 1.807) is 7.11 Å². The number of hydrogen-bond donors (Lipinski definition) is 1. The summed E-state index contributed by atoms with van der Waals surface area (Å²) in [5, 5.41) is 2.97. The third-order valence-electron chi connectivity index (χ3n) is 4.03. The van der Waals surface area contributed by atoms with Gasteiger partial charge in [0.05, 0.1) is 7.11 Å². The van der Waals surface area contributed by atoms with E-state index >= 15 is 0 Å². The molecule has 4 nitrogen and oxygen atoms in total. The quantitative estimate of drug-likeness (QED) is 0.704. The van der Waals surface area contributed by atoms with Crippen LogP contribution in [0.2, 0.25) is 0 Å². The van der Waals surface area contributed by atoms with Crippen LogP contribution in [0.5, 0.6) is 11.5 Å². The van der Waals surface area contributed by atoms with Gasteiger partial charge in [-0.1, -0.05) is 48.9 Å². The predicted octanol–water partition coefficient (Wildman–Crippen LogP) is 3.91. The second-order valence-electron chi connectivity index (χ2n) is 6.05. The Bertz CT molecular complexity index is 684. The molecule has 4 heteroatoms. The number of rotatable bonds is 9. The average Bonchev–Trinajstić information content (AvgIpc) is 2.63. The molecular formula is C21H27NO3. The lowest BCUT2D eigenvalue weighted by Crippen LogP contribution is -2.38. The lowest BCUT2D eigenvalue weighted by atomic mass is 10.1. The van der Waals surface area contributed by atoms with E-state index in [-0.39, 0.29) is 5.91 Å². The van der Waals surface area contributed by atoms with Gasteiger partial charge in [-0.25, -0.2) is 0 Å². The summed E-state index contributed by atoms with van der Waals surface area (Å²) in [5.74, 6) is 1.14. The third kappa shape index (κ3) is 5.82. The van der Waals surface area contributed by atoms with E-state index in [2.05, 4.69) is 36.5 Å². The van der Waals surface area contributed by atoms with Gasteiger partial charge in [0, 0.05) is 6.54 Å². The summed E-state index contributed by atoms with van der Waals surface area (Å²) in [7, 11) is 1.59. The van der Waals surface area contributed by atoms with Crippen LogP contribution in [0.15, 0.2) is 48.5 Å². The molecule has 0 radical (unpaired) electrons. The maximum Gasteiger partial charge on any atom is 0.261 e. The van der Waals surface area contributed by atoms with Crippen molar-refractivity contribution in [2.75, 3.05) is 13.7 Å².